The number of hydrogen-bond donors (Lipinski definition) is 1. The Morgan fingerprint density at radius 1 is 1.56 bits per heavy atom. The van der Waals surface area contributed by atoms with Crippen LogP contribution in [0.1, 0.15) is 19.4 Å². The Morgan fingerprint density at radius 3 is 3.00 bits per heavy atom. The molecule has 1 fully saturated rings. The second-order valence-electron chi connectivity index (χ2n) is 4.46. The summed E-state index contributed by atoms with van der Waals surface area (Å²) in [4.78, 5) is 10.5. The number of ether oxygens (including phenoxy) is 1. The number of aromatic nitrogens is 2. The van der Waals surface area contributed by atoms with E-state index >= 15 is 0 Å². The average molecular weight is 272 g/mol. The van der Waals surface area contributed by atoms with Gasteiger partial charge in [-0.15, -0.1) is 0 Å². The minimum Gasteiger partial charge on any atom is -0.394 e. The van der Waals surface area contributed by atoms with Crippen LogP contribution >= 0.6 is 11.6 Å². The van der Waals surface area contributed by atoms with Crippen molar-refractivity contribution in [1.29, 1.82) is 0 Å². The third kappa shape index (κ3) is 2.58. The van der Waals surface area contributed by atoms with Crippen molar-refractivity contribution < 1.29 is 9.84 Å². The van der Waals surface area contributed by atoms with Crippen LogP contribution in [-0.2, 0) is 11.2 Å². The molecule has 1 aromatic rings. The standard InChI is InChI=1S/C12H18ClN3O2/c1-3-10-11(13)14-7-15-12(10)16-4-9(5-17)18-6-8(16)2/h7-9,17H,3-6H2,1-2H3. The zero-order valence-electron chi connectivity index (χ0n) is 10.6. The van der Waals surface area contributed by atoms with E-state index in [9.17, 15) is 5.11 Å². The van der Waals surface area contributed by atoms with Gasteiger partial charge in [-0.1, -0.05) is 18.5 Å². The summed E-state index contributed by atoms with van der Waals surface area (Å²) in [6, 6.07) is 0.212. The third-order valence-corrected chi connectivity index (χ3v) is 3.53. The molecule has 0 amide bonds. The second kappa shape index (κ2) is 5.82. The van der Waals surface area contributed by atoms with Crippen LogP contribution in [0.2, 0.25) is 5.15 Å². The molecular formula is C12H18ClN3O2. The molecular weight excluding hydrogens is 254 g/mol. The Labute approximate surface area is 112 Å². The Hall–Kier alpha value is -0.910. The van der Waals surface area contributed by atoms with Crippen LogP contribution in [0.3, 0.4) is 0 Å². The minimum atomic E-state index is -0.167. The average Bonchev–Trinajstić information content (AvgIpc) is 2.39. The van der Waals surface area contributed by atoms with Gasteiger partial charge in [0, 0.05) is 12.1 Å². The molecule has 1 aromatic heterocycles. The zero-order valence-corrected chi connectivity index (χ0v) is 11.4. The number of rotatable bonds is 3. The number of halogens is 1. The van der Waals surface area contributed by atoms with E-state index in [-0.39, 0.29) is 18.8 Å². The second-order valence-corrected chi connectivity index (χ2v) is 4.82. The molecule has 100 valence electrons. The van der Waals surface area contributed by atoms with Crippen molar-refractivity contribution in [2.45, 2.75) is 32.4 Å². The maximum atomic E-state index is 9.21. The first kappa shape index (κ1) is 13.5. The summed E-state index contributed by atoms with van der Waals surface area (Å²) in [6.45, 7) is 5.32. The van der Waals surface area contributed by atoms with Gasteiger partial charge in [-0.2, -0.15) is 0 Å². The van der Waals surface area contributed by atoms with Crippen LogP contribution in [0, 0.1) is 0 Å². The summed E-state index contributed by atoms with van der Waals surface area (Å²) < 4.78 is 5.53. The van der Waals surface area contributed by atoms with Crippen LogP contribution in [0.25, 0.3) is 0 Å². The first-order valence-corrected chi connectivity index (χ1v) is 6.53. The molecule has 1 saturated heterocycles. The smallest absolute Gasteiger partial charge is 0.137 e. The van der Waals surface area contributed by atoms with Crippen LogP contribution in [0.15, 0.2) is 6.33 Å². The molecule has 2 rings (SSSR count). The van der Waals surface area contributed by atoms with E-state index in [2.05, 4.69) is 21.8 Å². The molecule has 2 atom stereocenters. The molecule has 2 heterocycles. The van der Waals surface area contributed by atoms with Gasteiger partial charge in [0.25, 0.3) is 0 Å². The Balaban J connectivity index is 2.31. The van der Waals surface area contributed by atoms with Gasteiger partial charge < -0.3 is 14.7 Å². The van der Waals surface area contributed by atoms with Gasteiger partial charge in [0.1, 0.15) is 17.3 Å². The first-order chi connectivity index (χ1) is 8.67. The van der Waals surface area contributed by atoms with E-state index in [0.29, 0.717) is 18.3 Å². The largest absolute Gasteiger partial charge is 0.394 e. The number of aliphatic hydroxyl groups is 1. The van der Waals surface area contributed by atoms with E-state index < -0.39 is 0 Å². The zero-order chi connectivity index (χ0) is 13.1. The molecule has 1 N–H and O–H groups in total. The summed E-state index contributed by atoms with van der Waals surface area (Å²) in [5.41, 5.74) is 0.949. The molecule has 0 aliphatic carbocycles. The maximum Gasteiger partial charge on any atom is 0.137 e. The Bertz CT molecular complexity index is 416. The fourth-order valence-electron chi connectivity index (χ4n) is 2.16. The highest BCUT2D eigenvalue weighted by molar-refractivity contribution is 6.30. The Morgan fingerprint density at radius 2 is 2.33 bits per heavy atom. The van der Waals surface area contributed by atoms with Crippen LogP contribution in [0.5, 0.6) is 0 Å². The van der Waals surface area contributed by atoms with Crippen molar-refractivity contribution in [2.75, 3.05) is 24.7 Å². The van der Waals surface area contributed by atoms with Gasteiger partial charge in [-0.25, -0.2) is 9.97 Å². The molecule has 5 nitrogen and oxygen atoms in total. The predicted molar refractivity (Wildman–Crippen MR) is 70.1 cm³/mol. The molecule has 2 unspecified atom stereocenters. The lowest BCUT2D eigenvalue weighted by molar-refractivity contribution is -0.0106. The summed E-state index contributed by atoms with van der Waals surface area (Å²) in [5, 5.41) is 9.71. The van der Waals surface area contributed by atoms with Crippen molar-refractivity contribution >= 4 is 17.4 Å². The highest BCUT2D eigenvalue weighted by atomic mass is 35.5. The summed E-state index contributed by atoms with van der Waals surface area (Å²) >= 11 is 6.11. The molecule has 1 aliphatic rings. The highest BCUT2D eigenvalue weighted by Gasteiger charge is 2.28. The molecule has 6 heteroatoms. The van der Waals surface area contributed by atoms with Crippen LogP contribution < -0.4 is 4.90 Å². The lowest BCUT2D eigenvalue weighted by atomic mass is 10.1. The number of hydrogen-bond acceptors (Lipinski definition) is 5. The van der Waals surface area contributed by atoms with Gasteiger partial charge >= 0.3 is 0 Å². The van der Waals surface area contributed by atoms with Crippen molar-refractivity contribution in [3.63, 3.8) is 0 Å². The fraction of sp³-hybridized carbons (Fsp3) is 0.667. The molecule has 0 radical (unpaired) electrons. The maximum absolute atomic E-state index is 9.21. The molecule has 0 spiro atoms. The minimum absolute atomic E-state index is 0.0174. The van der Waals surface area contributed by atoms with E-state index in [1.54, 1.807) is 0 Å². The molecule has 0 bridgehead atoms. The topological polar surface area (TPSA) is 58.5 Å². The van der Waals surface area contributed by atoms with Crippen molar-refractivity contribution in [3.8, 4) is 0 Å². The third-order valence-electron chi connectivity index (χ3n) is 3.20. The number of morpholine rings is 1. The molecule has 18 heavy (non-hydrogen) atoms. The molecule has 0 aromatic carbocycles. The fourth-order valence-corrected chi connectivity index (χ4v) is 2.42. The lowest BCUT2D eigenvalue weighted by Crippen LogP contribution is -2.50. The van der Waals surface area contributed by atoms with E-state index in [1.165, 1.54) is 6.33 Å². The summed E-state index contributed by atoms with van der Waals surface area (Å²) in [7, 11) is 0. The van der Waals surface area contributed by atoms with E-state index in [0.717, 1.165) is 17.8 Å². The SMILES string of the molecule is CCc1c(Cl)ncnc1N1CC(CO)OCC1C. The van der Waals surface area contributed by atoms with Gasteiger partial charge in [0.05, 0.1) is 25.4 Å². The van der Waals surface area contributed by atoms with Crippen LogP contribution in [0.4, 0.5) is 5.82 Å². The highest BCUT2D eigenvalue weighted by Crippen LogP contribution is 2.27. The van der Waals surface area contributed by atoms with Crippen molar-refractivity contribution in [3.05, 3.63) is 17.0 Å². The van der Waals surface area contributed by atoms with Crippen LogP contribution in [-0.4, -0.2) is 47.0 Å². The lowest BCUT2D eigenvalue weighted by Gasteiger charge is -2.39. The predicted octanol–water partition coefficient (Wildman–Crippen LogP) is 1.28. The van der Waals surface area contributed by atoms with Gasteiger partial charge in [-0.05, 0) is 13.3 Å². The number of anilines is 1. The van der Waals surface area contributed by atoms with E-state index in [1.807, 2.05) is 6.92 Å². The van der Waals surface area contributed by atoms with Gasteiger partial charge in [0.15, 0.2) is 0 Å². The van der Waals surface area contributed by atoms with E-state index in [4.69, 9.17) is 16.3 Å². The normalized spacial score (nSPS) is 24.3. The summed E-state index contributed by atoms with van der Waals surface area (Å²) in [6.07, 6.45) is 2.09. The van der Waals surface area contributed by atoms with Gasteiger partial charge in [0.2, 0.25) is 0 Å². The summed E-state index contributed by atoms with van der Waals surface area (Å²) in [5.74, 6) is 0.853. The number of nitrogens with zero attached hydrogens (tertiary/aromatic N) is 3. The van der Waals surface area contributed by atoms with Crippen molar-refractivity contribution in [1.82, 2.24) is 9.97 Å². The van der Waals surface area contributed by atoms with Gasteiger partial charge in [-0.3, -0.25) is 0 Å². The monoisotopic (exact) mass is 271 g/mol. The Kier molecular flexibility index (Phi) is 4.37. The number of aliphatic hydroxyl groups excluding tert-OH is 1. The van der Waals surface area contributed by atoms with Crippen molar-refractivity contribution in [2.24, 2.45) is 0 Å². The first-order valence-electron chi connectivity index (χ1n) is 6.15. The quantitative estimate of drug-likeness (QED) is 0.840. The molecule has 0 saturated carbocycles. The molecule has 1 aliphatic heterocycles.